The fraction of sp³-hybridized carbons (Fsp3) is 0.714. The lowest BCUT2D eigenvalue weighted by molar-refractivity contribution is 0.0105. The van der Waals surface area contributed by atoms with Crippen molar-refractivity contribution in [3.8, 4) is 0 Å². The van der Waals surface area contributed by atoms with Gasteiger partial charge in [0.05, 0.1) is 12.6 Å². The van der Waals surface area contributed by atoms with Crippen molar-refractivity contribution < 1.29 is 14.3 Å². The van der Waals surface area contributed by atoms with Crippen LogP contribution in [0.2, 0.25) is 0 Å². The van der Waals surface area contributed by atoms with Crippen LogP contribution in [0.5, 0.6) is 0 Å². The molecule has 0 aromatic carbocycles. The van der Waals surface area contributed by atoms with Crippen LogP contribution >= 0.6 is 0 Å². The van der Waals surface area contributed by atoms with Crippen molar-refractivity contribution in [2.75, 3.05) is 31.6 Å². The molecule has 1 fully saturated rings. The summed E-state index contributed by atoms with van der Waals surface area (Å²) in [6, 6.07) is 4.46. The zero-order valence-electron chi connectivity index (χ0n) is 16.9. The van der Waals surface area contributed by atoms with Crippen LogP contribution in [-0.4, -0.2) is 53.9 Å². The van der Waals surface area contributed by atoms with Crippen LogP contribution in [0.1, 0.15) is 57.7 Å². The quantitative estimate of drug-likeness (QED) is 0.767. The molecule has 1 atom stereocenters. The molecule has 1 amide bonds. The number of hydrogen-bond donors (Lipinski definition) is 1. The van der Waals surface area contributed by atoms with Crippen molar-refractivity contribution >= 4 is 11.9 Å². The molecule has 6 heteroatoms. The number of nitrogens with one attached hydrogen (secondary N) is 1. The van der Waals surface area contributed by atoms with E-state index < -0.39 is 5.60 Å². The molecule has 0 spiro atoms. The highest BCUT2D eigenvalue weighted by molar-refractivity contribution is 5.68. The second kappa shape index (κ2) is 8.91. The highest BCUT2D eigenvalue weighted by Gasteiger charge is 2.32. The molecule has 3 rings (SSSR count). The Balaban J connectivity index is 1.38. The first-order valence-corrected chi connectivity index (χ1v) is 10.2. The molecule has 0 saturated carbocycles. The Kier molecular flexibility index (Phi) is 6.58. The van der Waals surface area contributed by atoms with E-state index in [1.54, 1.807) is 0 Å². The fourth-order valence-corrected chi connectivity index (χ4v) is 3.65. The van der Waals surface area contributed by atoms with E-state index >= 15 is 0 Å². The van der Waals surface area contributed by atoms with Crippen LogP contribution in [0.15, 0.2) is 12.1 Å². The van der Waals surface area contributed by atoms with E-state index in [9.17, 15) is 4.79 Å². The second-order valence-corrected chi connectivity index (χ2v) is 8.49. The van der Waals surface area contributed by atoms with Gasteiger partial charge in [-0.2, -0.15) is 0 Å². The van der Waals surface area contributed by atoms with Gasteiger partial charge in [-0.05, 0) is 70.9 Å². The summed E-state index contributed by atoms with van der Waals surface area (Å²) in [5, 5.41) is 3.38. The number of hydrogen-bond acceptors (Lipinski definition) is 5. The highest BCUT2D eigenvalue weighted by atomic mass is 16.6. The molecule has 6 nitrogen and oxygen atoms in total. The van der Waals surface area contributed by atoms with E-state index in [0.717, 1.165) is 56.7 Å². The number of rotatable bonds is 6. The summed E-state index contributed by atoms with van der Waals surface area (Å²) in [4.78, 5) is 18.8. The standard InChI is InChI=1S/C21H33N3O3/c1-21(2,3)27-20(25)24-13-5-9-18(24)15-26-14-6-8-17-11-10-16-7-4-12-22-19(16)23-17/h10-11,18H,4-9,12-15H2,1-3H3,(H,22,23). The molecule has 0 radical (unpaired) electrons. The summed E-state index contributed by atoms with van der Waals surface area (Å²) in [7, 11) is 0. The Morgan fingerprint density at radius 1 is 1.33 bits per heavy atom. The molecule has 2 aliphatic heterocycles. The summed E-state index contributed by atoms with van der Waals surface area (Å²) >= 11 is 0. The molecule has 1 aromatic heterocycles. The third-order valence-electron chi connectivity index (χ3n) is 4.99. The third kappa shape index (κ3) is 5.83. The van der Waals surface area contributed by atoms with Crippen molar-refractivity contribution in [2.24, 2.45) is 0 Å². The number of carbonyl (C=O) groups excluding carboxylic acids is 1. The maximum absolute atomic E-state index is 12.3. The van der Waals surface area contributed by atoms with Gasteiger partial charge in [-0.25, -0.2) is 9.78 Å². The van der Waals surface area contributed by atoms with Gasteiger partial charge in [0.25, 0.3) is 0 Å². The van der Waals surface area contributed by atoms with Crippen LogP contribution in [-0.2, 0) is 22.3 Å². The molecule has 150 valence electrons. The van der Waals surface area contributed by atoms with Gasteiger partial charge in [-0.3, -0.25) is 0 Å². The minimum Gasteiger partial charge on any atom is -0.444 e. The Morgan fingerprint density at radius 3 is 3.00 bits per heavy atom. The first kappa shape index (κ1) is 19.9. The maximum Gasteiger partial charge on any atom is 0.410 e. The molecule has 27 heavy (non-hydrogen) atoms. The van der Waals surface area contributed by atoms with Crippen molar-refractivity contribution in [1.82, 2.24) is 9.88 Å². The number of ether oxygens (including phenoxy) is 2. The van der Waals surface area contributed by atoms with E-state index in [0.29, 0.717) is 13.2 Å². The minimum atomic E-state index is -0.457. The van der Waals surface area contributed by atoms with Gasteiger partial charge in [0, 0.05) is 25.4 Å². The number of likely N-dealkylation sites (tertiary alicyclic amines) is 1. The van der Waals surface area contributed by atoms with Gasteiger partial charge in [-0.15, -0.1) is 0 Å². The molecule has 1 N–H and O–H groups in total. The Bertz CT molecular complexity index is 642. The van der Waals surface area contributed by atoms with Crippen molar-refractivity contribution in [3.63, 3.8) is 0 Å². The Labute approximate surface area is 162 Å². The first-order chi connectivity index (χ1) is 12.9. The molecule has 1 saturated heterocycles. The second-order valence-electron chi connectivity index (χ2n) is 8.49. The molecule has 0 aliphatic carbocycles. The van der Waals surface area contributed by atoms with Crippen molar-refractivity contribution in [2.45, 2.75) is 70.9 Å². The van der Waals surface area contributed by atoms with Crippen LogP contribution in [0, 0.1) is 0 Å². The smallest absolute Gasteiger partial charge is 0.410 e. The summed E-state index contributed by atoms with van der Waals surface area (Å²) in [6.07, 6.45) is 5.92. The Hall–Kier alpha value is -1.82. The van der Waals surface area contributed by atoms with Crippen molar-refractivity contribution in [3.05, 3.63) is 23.4 Å². The largest absolute Gasteiger partial charge is 0.444 e. The van der Waals surface area contributed by atoms with Crippen LogP contribution in [0.3, 0.4) is 0 Å². The zero-order valence-corrected chi connectivity index (χ0v) is 16.9. The number of pyridine rings is 1. The lowest BCUT2D eigenvalue weighted by atomic mass is 10.1. The lowest BCUT2D eigenvalue weighted by Crippen LogP contribution is -2.41. The summed E-state index contributed by atoms with van der Waals surface area (Å²) in [5.41, 5.74) is 1.98. The predicted octanol–water partition coefficient (Wildman–Crippen LogP) is 3.79. The van der Waals surface area contributed by atoms with Gasteiger partial charge in [0.2, 0.25) is 0 Å². The minimum absolute atomic E-state index is 0.130. The topological polar surface area (TPSA) is 63.7 Å². The first-order valence-electron chi connectivity index (χ1n) is 10.2. The average Bonchev–Trinajstić information content (AvgIpc) is 3.08. The van der Waals surface area contributed by atoms with Gasteiger partial charge >= 0.3 is 6.09 Å². The molecule has 1 aromatic rings. The monoisotopic (exact) mass is 375 g/mol. The number of carbonyl (C=O) groups is 1. The van der Waals surface area contributed by atoms with E-state index in [-0.39, 0.29) is 12.1 Å². The molecule has 1 unspecified atom stereocenters. The normalized spacial score (nSPS) is 19.5. The van der Waals surface area contributed by atoms with Crippen molar-refractivity contribution in [1.29, 1.82) is 0 Å². The van der Waals surface area contributed by atoms with E-state index in [1.165, 1.54) is 12.0 Å². The molecule has 0 bridgehead atoms. The number of anilines is 1. The Morgan fingerprint density at radius 2 is 2.19 bits per heavy atom. The van der Waals surface area contributed by atoms with E-state index in [2.05, 4.69) is 17.4 Å². The van der Waals surface area contributed by atoms with Gasteiger partial charge in [0.15, 0.2) is 0 Å². The van der Waals surface area contributed by atoms with Crippen LogP contribution in [0.4, 0.5) is 10.6 Å². The summed E-state index contributed by atoms with van der Waals surface area (Å²) in [6.45, 7) is 8.74. The number of aromatic nitrogens is 1. The highest BCUT2D eigenvalue weighted by Crippen LogP contribution is 2.22. The summed E-state index contributed by atoms with van der Waals surface area (Å²) in [5.74, 6) is 1.05. The average molecular weight is 376 g/mol. The molecular formula is C21H33N3O3. The number of nitrogens with zero attached hydrogens (tertiary/aromatic N) is 2. The van der Waals surface area contributed by atoms with Crippen LogP contribution in [0.25, 0.3) is 0 Å². The maximum atomic E-state index is 12.3. The summed E-state index contributed by atoms with van der Waals surface area (Å²) < 4.78 is 11.4. The molecule has 3 heterocycles. The molecule has 2 aliphatic rings. The van der Waals surface area contributed by atoms with Gasteiger partial charge in [-0.1, -0.05) is 6.07 Å². The van der Waals surface area contributed by atoms with E-state index in [1.807, 2.05) is 25.7 Å². The fourth-order valence-electron chi connectivity index (χ4n) is 3.65. The predicted molar refractivity (Wildman–Crippen MR) is 106 cm³/mol. The number of amides is 1. The molecular weight excluding hydrogens is 342 g/mol. The van der Waals surface area contributed by atoms with Gasteiger partial charge < -0.3 is 19.7 Å². The van der Waals surface area contributed by atoms with Gasteiger partial charge in [0.1, 0.15) is 11.4 Å². The number of fused-ring (bicyclic) bond motifs is 1. The third-order valence-corrected chi connectivity index (χ3v) is 4.99. The lowest BCUT2D eigenvalue weighted by Gasteiger charge is -2.28. The number of aryl methyl sites for hydroxylation is 2. The van der Waals surface area contributed by atoms with Crippen LogP contribution < -0.4 is 5.32 Å². The zero-order chi connectivity index (χ0) is 19.3. The van der Waals surface area contributed by atoms with E-state index in [4.69, 9.17) is 14.5 Å². The SMILES string of the molecule is CC(C)(C)OC(=O)N1CCCC1COCCCc1ccc2c(n1)NCCC2.